The molecule has 2 aliphatic rings. The third-order valence-corrected chi connectivity index (χ3v) is 5.37. The van der Waals surface area contributed by atoms with Crippen LogP contribution in [-0.2, 0) is 4.79 Å². The summed E-state index contributed by atoms with van der Waals surface area (Å²) in [5.41, 5.74) is 0.951. The molecule has 25 heavy (non-hydrogen) atoms. The molecule has 5 nitrogen and oxygen atoms in total. The van der Waals surface area contributed by atoms with E-state index in [1.165, 1.54) is 22.2 Å². The highest BCUT2D eigenvalue weighted by molar-refractivity contribution is 7.12. The van der Waals surface area contributed by atoms with Gasteiger partial charge in [-0.1, -0.05) is 0 Å². The van der Waals surface area contributed by atoms with Crippen molar-refractivity contribution in [1.82, 2.24) is 14.8 Å². The minimum atomic E-state index is -2.98. The molecule has 1 N–H and O–H groups in total. The van der Waals surface area contributed by atoms with Crippen LogP contribution < -0.4 is 5.32 Å². The Labute approximate surface area is 144 Å². The summed E-state index contributed by atoms with van der Waals surface area (Å²) in [6, 6.07) is 0. The second-order valence-electron chi connectivity index (χ2n) is 6.55. The zero-order chi connectivity index (χ0) is 18.0. The highest BCUT2D eigenvalue weighted by atomic mass is 32.1. The number of carbonyl (C=O) groups excluding carboxylic acids is 1. The molecule has 0 radical (unpaired) electrons. The van der Waals surface area contributed by atoms with Crippen molar-refractivity contribution in [3.63, 3.8) is 0 Å². The zero-order valence-corrected chi connectivity index (χ0v) is 13.9. The maximum atomic E-state index is 13.2. The summed E-state index contributed by atoms with van der Waals surface area (Å²) < 4.78 is 54.0. The average molecular weight is 374 g/mol. The summed E-state index contributed by atoms with van der Waals surface area (Å²) in [6.45, 7) is 1.64. The third-order valence-electron chi connectivity index (χ3n) is 4.62. The molecule has 0 aliphatic heterocycles. The Bertz CT molecular complexity index is 825. The quantitative estimate of drug-likeness (QED) is 0.830. The first kappa shape index (κ1) is 16.5. The molecular weight excluding hydrogens is 360 g/mol. The fourth-order valence-corrected chi connectivity index (χ4v) is 3.66. The third kappa shape index (κ3) is 2.82. The van der Waals surface area contributed by atoms with Gasteiger partial charge >= 0.3 is 0 Å². The minimum absolute atomic E-state index is 0.216. The second kappa shape index (κ2) is 5.26. The van der Waals surface area contributed by atoms with Crippen LogP contribution in [0.15, 0.2) is 11.6 Å². The number of nitrogens with one attached hydrogen (secondary N) is 1. The lowest BCUT2D eigenvalue weighted by Gasteiger charge is -2.34. The molecule has 2 aliphatic carbocycles. The van der Waals surface area contributed by atoms with Crippen LogP contribution in [0.4, 0.5) is 23.4 Å². The largest absolute Gasteiger partial charge is 0.310 e. The highest BCUT2D eigenvalue weighted by Crippen LogP contribution is 2.51. The van der Waals surface area contributed by atoms with E-state index in [2.05, 4.69) is 15.4 Å². The maximum Gasteiger partial charge on any atom is 0.260 e. The summed E-state index contributed by atoms with van der Waals surface area (Å²) in [6.07, 6.45) is 0.438. The van der Waals surface area contributed by atoms with E-state index in [0.717, 1.165) is 0 Å². The van der Waals surface area contributed by atoms with Crippen LogP contribution in [0.2, 0.25) is 0 Å². The normalized spacial score (nSPS) is 24.0. The van der Waals surface area contributed by atoms with Gasteiger partial charge in [-0.25, -0.2) is 22.5 Å². The molecular formula is C15H14F4N4OS. The number of anilines is 1. The van der Waals surface area contributed by atoms with Crippen LogP contribution >= 0.6 is 11.3 Å². The Hall–Kier alpha value is -1.97. The molecule has 0 bridgehead atoms. The molecule has 0 unspecified atom stereocenters. The summed E-state index contributed by atoms with van der Waals surface area (Å²) in [4.78, 5) is 16.2. The van der Waals surface area contributed by atoms with E-state index in [1.807, 2.05) is 0 Å². The second-order valence-corrected chi connectivity index (χ2v) is 7.43. The van der Waals surface area contributed by atoms with Crippen LogP contribution in [0, 0.1) is 12.8 Å². The van der Waals surface area contributed by atoms with Crippen molar-refractivity contribution in [2.45, 2.75) is 43.9 Å². The lowest BCUT2D eigenvalue weighted by atomic mass is 9.78. The van der Waals surface area contributed by atoms with Gasteiger partial charge in [0.25, 0.3) is 5.92 Å². The lowest BCUT2D eigenvalue weighted by Crippen LogP contribution is -2.34. The minimum Gasteiger partial charge on any atom is -0.310 e. The number of alkyl halides is 4. The van der Waals surface area contributed by atoms with Crippen molar-refractivity contribution in [3.8, 4) is 5.13 Å². The fourth-order valence-electron chi connectivity index (χ4n) is 3.06. The van der Waals surface area contributed by atoms with Gasteiger partial charge in [0.1, 0.15) is 11.7 Å². The van der Waals surface area contributed by atoms with E-state index in [9.17, 15) is 22.4 Å². The monoisotopic (exact) mass is 374 g/mol. The van der Waals surface area contributed by atoms with E-state index in [0.29, 0.717) is 16.4 Å². The number of rotatable bonds is 4. The van der Waals surface area contributed by atoms with Gasteiger partial charge in [-0.3, -0.25) is 4.79 Å². The van der Waals surface area contributed by atoms with Gasteiger partial charge in [-0.05, 0) is 6.92 Å². The smallest absolute Gasteiger partial charge is 0.260 e. The molecule has 1 atom stereocenters. The average Bonchev–Trinajstić information content (AvgIpc) is 2.89. The molecule has 2 aromatic rings. The van der Waals surface area contributed by atoms with Gasteiger partial charge in [0.2, 0.25) is 17.0 Å². The van der Waals surface area contributed by atoms with Crippen molar-refractivity contribution >= 4 is 23.1 Å². The van der Waals surface area contributed by atoms with Gasteiger partial charge < -0.3 is 5.32 Å². The van der Waals surface area contributed by atoms with Crippen molar-refractivity contribution in [2.24, 2.45) is 5.92 Å². The van der Waals surface area contributed by atoms with Crippen LogP contribution in [0.1, 0.15) is 36.4 Å². The number of carbonyl (C=O) groups is 1. The molecule has 2 aromatic heterocycles. The predicted octanol–water partition coefficient (Wildman–Crippen LogP) is 3.74. The highest BCUT2D eigenvalue weighted by Gasteiger charge is 2.61. The number of nitrogens with zero attached hydrogens (tertiary/aromatic N) is 3. The summed E-state index contributed by atoms with van der Waals surface area (Å²) in [5, 5.41) is 8.96. The fraction of sp³-hybridized carbons (Fsp3) is 0.533. The number of amides is 1. The Morgan fingerprint density at radius 2 is 2.00 bits per heavy atom. The molecule has 0 saturated heterocycles. The molecule has 1 amide bonds. The molecule has 10 heteroatoms. The number of hydrogen-bond donors (Lipinski definition) is 1. The van der Waals surface area contributed by atoms with E-state index < -0.39 is 36.0 Å². The van der Waals surface area contributed by atoms with Crippen LogP contribution in [-0.4, -0.2) is 32.5 Å². The number of halogens is 4. The molecule has 134 valence electrons. The number of aromatic nitrogens is 3. The topological polar surface area (TPSA) is 59.8 Å². The van der Waals surface area contributed by atoms with E-state index in [4.69, 9.17) is 0 Å². The van der Waals surface area contributed by atoms with E-state index in [1.54, 1.807) is 12.3 Å². The van der Waals surface area contributed by atoms with Gasteiger partial charge in [-0.2, -0.15) is 9.78 Å². The first-order valence-electron chi connectivity index (χ1n) is 7.74. The summed E-state index contributed by atoms with van der Waals surface area (Å²) >= 11 is 1.24. The van der Waals surface area contributed by atoms with Crippen LogP contribution in [0.3, 0.4) is 0 Å². The molecule has 2 fully saturated rings. The molecule has 4 rings (SSSR count). The lowest BCUT2D eigenvalue weighted by molar-refractivity contribution is -0.119. The maximum absolute atomic E-state index is 13.2. The van der Waals surface area contributed by atoms with Gasteiger partial charge in [0.15, 0.2) is 0 Å². The van der Waals surface area contributed by atoms with Gasteiger partial charge in [0, 0.05) is 42.3 Å². The predicted molar refractivity (Wildman–Crippen MR) is 82.6 cm³/mol. The number of thiazole rings is 1. The van der Waals surface area contributed by atoms with Gasteiger partial charge in [0.05, 0.1) is 5.69 Å². The Morgan fingerprint density at radius 3 is 2.52 bits per heavy atom. The first-order chi connectivity index (χ1) is 11.7. The van der Waals surface area contributed by atoms with E-state index >= 15 is 0 Å². The van der Waals surface area contributed by atoms with Crippen molar-refractivity contribution in [3.05, 3.63) is 22.8 Å². The van der Waals surface area contributed by atoms with Crippen LogP contribution in [0.5, 0.6) is 0 Å². The molecule has 0 spiro atoms. The molecule has 0 aromatic carbocycles. The number of hydrogen-bond acceptors (Lipinski definition) is 4. The SMILES string of the molecule is Cc1c(C2CC(F)(F)C2)nn(-c2nccs2)c1NC(=O)[C@H]1CC1(F)F. The Balaban J connectivity index is 1.66. The van der Waals surface area contributed by atoms with E-state index in [-0.39, 0.29) is 18.7 Å². The van der Waals surface area contributed by atoms with Crippen molar-refractivity contribution in [2.75, 3.05) is 5.32 Å². The van der Waals surface area contributed by atoms with Crippen molar-refractivity contribution in [1.29, 1.82) is 0 Å². The summed E-state index contributed by atoms with van der Waals surface area (Å²) in [7, 11) is 0. The molecule has 2 saturated carbocycles. The Kier molecular flexibility index (Phi) is 3.47. The Morgan fingerprint density at radius 1 is 1.32 bits per heavy atom. The standard InChI is InChI=1S/C15H14F4N4OS/c1-7-10(8-4-14(16,17)5-8)22-23(13-20-2-3-25-13)11(7)21-12(24)9-6-15(9,18)19/h2-3,8-9H,4-6H2,1H3,(H,21,24)/t9-/m1/s1. The molecule has 2 heterocycles. The van der Waals surface area contributed by atoms with Crippen LogP contribution in [0.25, 0.3) is 5.13 Å². The first-order valence-corrected chi connectivity index (χ1v) is 8.62. The summed E-state index contributed by atoms with van der Waals surface area (Å²) in [5.74, 6) is -8.05. The van der Waals surface area contributed by atoms with Crippen molar-refractivity contribution < 1.29 is 22.4 Å². The zero-order valence-electron chi connectivity index (χ0n) is 13.1. The van der Waals surface area contributed by atoms with Gasteiger partial charge in [-0.15, -0.1) is 11.3 Å².